The average molecular weight is 382 g/mol. The van der Waals surface area contributed by atoms with Crippen molar-refractivity contribution in [2.24, 2.45) is 11.8 Å². The molecule has 1 aromatic rings. The van der Waals surface area contributed by atoms with E-state index in [2.05, 4.69) is 21.7 Å². The molecule has 4 atom stereocenters. The van der Waals surface area contributed by atoms with Crippen LogP contribution in [0.25, 0.3) is 0 Å². The lowest BCUT2D eigenvalue weighted by Gasteiger charge is -2.56. The number of likely N-dealkylation sites (tertiary alicyclic amines) is 1. The summed E-state index contributed by atoms with van der Waals surface area (Å²) in [7, 11) is 0. The molecular weight excluding hydrogens is 350 g/mol. The second kappa shape index (κ2) is 8.08. The molecule has 3 fully saturated rings. The summed E-state index contributed by atoms with van der Waals surface area (Å²) in [6, 6.07) is 8.08. The minimum atomic E-state index is -0.0417. The molecule has 3 aliphatic heterocycles. The summed E-state index contributed by atoms with van der Waals surface area (Å²) in [5.74, 6) is 1.19. The second-order valence-corrected chi connectivity index (χ2v) is 8.62. The van der Waals surface area contributed by atoms with E-state index in [1.54, 1.807) is 0 Å². The van der Waals surface area contributed by atoms with Gasteiger partial charge in [0.2, 0.25) is 5.91 Å². The Morgan fingerprint density at radius 1 is 1.29 bits per heavy atom. The van der Waals surface area contributed by atoms with Gasteiger partial charge >= 0.3 is 0 Å². The molecule has 150 valence electrons. The van der Waals surface area contributed by atoms with E-state index in [0.29, 0.717) is 30.8 Å². The summed E-state index contributed by atoms with van der Waals surface area (Å²) in [6.07, 6.45) is 5.86. The first kappa shape index (κ1) is 19.2. The molecule has 4 rings (SSSR count). The van der Waals surface area contributed by atoms with E-state index in [0.717, 1.165) is 50.0 Å². The fourth-order valence-corrected chi connectivity index (χ4v) is 5.59. The maximum absolute atomic E-state index is 12.8. The van der Waals surface area contributed by atoms with Gasteiger partial charge in [0.05, 0.1) is 6.04 Å². The second-order valence-electron chi connectivity index (χ2n) is 8.62. The van der Waals surface area contributed by atoms with Crippen LogP contribution < -0.4 is 5.32 Å². The van der Waals surface area contributed by atoms with Crippen molar-refractivity contribution < 1.29 is 9.59 Å². The van der Waals surface area contributed by atoms with Crippen molar-refractivity contribution in [3.05, 3.63) is 48.0 Å². The van der Waals surface area contributed by atoms with Crippen LogP contribution in [0.1, 0.15) is 41.6 Å². The van der Waals surface area contributed by atoms with Gasteiger partial charge in [-0.1, -0.05) is 24.3 Å². The van der Waals surface area contributed by atoms with Crippen molar-refractivity contribution in [2.45, 2.75) is 44.7 Å². The minimum Gasteiger partial charge on any atom is -0.350 e. The van der Waals surface area contributed by atoms with Gasteiger partial charge in [0, 0.05) is 44.2 Å². The Hall–Kier alpha value is -2.14. The largest absolute Gasteiger partial charge is 0.350 e. The number of hydrogen-bond acceptors (Lipinski definition) is 3. The Bertz CT molecular complexity index is 762. The summed E-state index contributed by atoms with van der Waals surface area (Å²) < 4.78 is 0. The van der Waals surface area contributed by atoms with Crippen LogP contribution in [0.5, 0.6) is 0 Å². The smallest absolute Gasteiger partial charge is 0.251 e. The monoisotopic (exact) mass is 381 g/mol. The molecular formula is C23H31N3O2. The highest BCUT2D eigenvalue weighted by molar-refractivity contribution is 5.95. The molecule has 1 N–H and O–H groups in total. The Labute approximate surface area is 167 Å². The predicted molar refractivity (Wildman–Crippen MR) is 110 cm³/mol. The number of fused-ring (bicyclic) bond motifs is 4. The van der Waals surface area contributed by atoms with Gasteiger partial charge in [-0.05, 0) is 49.7 Å². The normalized spacial score (nSPS) is 29.9. The van der Waals surface area contributed by atoms with Crippen LogP contribution >= 0.6 is 0 Å². The molecule has 0 aromatic heterocycles. The molecule has 28 heavy (non-hydrogen) atoms. The van der Waals surface area contributed by atoms with Crippen LogP contribution in [-0.4, -0.2) is 59.9 Å². The molecule has 0 spiro atoms. The van der Waals surface area contributed by atoms with Gasteiger partial charge in [0.1, 0.15) is 0 Å². The van der Waals surface area contributed by atoms with E-state index in [1.165, 1.54) is 0 Å². The summed E-state index contributed by atoms with van der Waals surface area (Å²) in [4.78, 5) is 30.2. The summed E-state index contributed by atoms with van der Waals surface area (Å²) >= 11 is 0. The first-order valence-electron chi connectivity index (χ1n) is 10.6. The number of rotatable bonds is 5. The lowest BCUT2D eigenvalue weighted by molar-refractivity contribution is -0.152. The molecule has 0 saturated carbocycles. The molecule has 0 radical (unpaired) electrons. The Morgan fingerprint density at radius 2 is 2.07 bits per heavy atom. The van der Waals surface area contributed by atoms with Crippen LogP contribution in [-0.2, 0) is 4.79 Å². The van der Waals surface area contributed by atoms with Crippen molar-refractivity contribution in [1.82, 2.24) is 15.1 Å². The van der Waals surface area contributed by atoms with E-state index in [9.17, 15) is 9.59 Å². The molecule has 1 aromatic carbocycles. The van der Waals surface area contributed by atoms with Crippen molar-refractivity contribution in [2.75, 3.05) is 26.2 Å². The maximum Gasteiger partial charge on any atom is 0.251 e. The molecule has 2 bridgehead atoms. The lowest BCUT2D eigenvalue weighted by atomic mass is 9.72. The zero-order valence-corrected chi connectivity index (χ0v) is 16.8. The van der Waals surface area contributed by atoms with Crippen molar-refractivity contribution in [3.63, 3.8) is 0 Å². The van der Waals surface area contributed by atoms with Gasteiger partial charge in [-0.25, -0.2) is 0 Å². The SMILES string of the molecule is C=CCN1C[C@H]2C[C@@H](C1)[C@H](CNC(=O)c1ccccc1C)N1C(=O)CCC[C@@H]21. The first-order valence-corrected chi connectivity index (χ1v) is 10.6. The zero-order chi connectivity index (χ0) is 19.7. The Morgan fingerprint density at radius 3 is 2.86 bits per heavy atom. The number of carbonyl (C=O) groups excluding carboxylic acids is 2. The number of nitrogens with one attached hydrogen (secondary N) is 1. The van der Waals surface area contributed by atoms with E-state index in [4.69, 9.17) is 0 Å². The maximum atomic E-state index is 12.8. The van der Waals surface area contributed by atoms with Crippen LogP contribution in [0.15, 0.2) is 36.9 Å². The van der Waals surface area contributed by atoms with Gasteiger partial charge in [0.25, 0.3) is 5.91 Å². The fourth-order valence-electron chi connectivity index (χ4n) is 5.59. The topological polar surface area (TPSA) is 52.7 Å². The average Bonchev–Trinajstić information content (AvgIpc) is 2.69. The molecule has 2 amide bonds. The molecule has 0 unspecified atom stereocenters. The number of benzene rings is 1. The van der Waals surface area contributed by atoms with Crippen molar-refractivity contribution in [3.8, 4) is 0 Å². The van der Waals surface area contributed by atoms with E-state index >= 15 is 0 Å². The van der Waals surface area contributed by atoms with E-state index < -0.39 is 0 Å². The zero-order valence-electron chi connectivity index (χ0n) is 16.8. The third-order valence-electron chi connectivity index (χ3n) is 6.82. The predicted octanol–water partition coefficient (Wildman–Crippen LogP) is 2.61. The number of amides is 2. The number of nitrogens with zero attached hydrogens (tertiary/aromatic N) is 2. The van der Waals surface area contributed by atoms with Crippen LogP contribution in [0, 0.1) is 18.8 Å². The molecule has 5 nitrogen and oxygen atoms in total. The van der Waals surface area contributed by atoms with Crippen molar-refractivity contribution >= 4 is 11.8 Å². The number of aryl methyl sites for hydroxylation is 1. The van der Waals surface area contributed by atoms with Gasteiger partial charge in [-0.3, -0.25) is 14.5 Å². The van der Waals surface area contributed by atoms with Crippen LogP contribution in [0.2, 0.25) is 0 Å². The standard InChI is InChI=1S/C23H31N3O2/c1-3-11-25-14-17-12-18(15-25)21(26-20(17)9-6-10-22(26)27)13-24-23(28)19-8-5-4-7-16(19)2/h3-5,7-8,17-18,20-21H,1,6,9-15H2,2H3,(H,24,28)/t17-,18+,20+,21+/m1/s1. The number of piperidine rings is 3. The quantitative estimate of drug-likeness (QED) is 0.798. The summed E-state index contributed by atoms with van der Waals surface area (Å²) in [6.45, 7) is 9.32. The minimum absolute atomic E-state index is 0.0417. The Kier molecular flexibility index (Phi) is 5.54. The fraction of sp³-hybridized carbons (Fsp3) is 0.565. The summed E-state index contributed by atoms with van der Waals surface area (Å²) in [5.41, 5.74) is 1.69. The molecule has 5 heteroatoms. The van der Waals surface area contributed by atoms with Crippen LogP contribution in [0.3, 0.4) is 0 Å². The Balaban J connectivity index is 1.53. The highest BCUT2D eigenvalue weighted by atomic mass is 16.2. The number of carbonyl (C=O) groups is 2. The van der Waals surface area contributed by atoms with Crippen molar-refractivity contribution in [1.29, 1.82) is 0 Å². The first-order chi connectivity index (χ1) is 13.6. The molecule has 3 aliphatic rings. The molecule has 3 saturated heterocycles. The van der Waals surface area contributed by atoms with Gasteiger partial charge < -0.3 is 10.2 Å². The van der Waals surface area contributed by atoms with Gasteiger partial charge in [-0.2, -0.15) is 0 Å². The van der Waals surface area contributed by atoms with Gasteiger partial charge in [0.15, 0.2) is 0 Å². The highest BCUT2D eigenvalue weighted by Crippen LogP contribution is 2.41. The van der Waals surface area contributed by atoms with Gasteiger partial charge in [-0.15, -0.1) is 6.58 Å². The molecule has 3 heterocycles. The summed E-state index contributed by atoms with van der Waals surface area (Å²) in [5, 5.41) is 3.14. The lowest BCUT2D eigenvalue weighted by Crippen LogP contribution is -2.67. The third kappa shape index (κ3) is 3.60. The van der Waals surface area contributed by atoms with E-state index in [1.807, 2.05) is 37.3 Å². The third-order valence-corrected chi connectivity index (χ3v) is 6.82. The number of hydrogen-bond donors (Lipinski definition) is 1. The van der Waals surface area contributed by atoms with Crippen LogP contribution in [0.4, 0.5) is 0 Å². The van der Waals surface area contributed by atoms with E-state index in [-0.39, 0.29) is 17.9 Å². The highest BCUT2D eigenvalue weighted by Gasteiger charge is 2.49. The molecule has 0 aliphatic carbocycles.